The summed E-state index contributed by atoms with van der Waals surface area (Å²) in [5.74, 6) is 0.873. The Morgan fingerprint density at radius 2 is 1.52 bits per heavy atom. The zero-order valence-corrected chi connectivity index (χ0v) is 20.0. The summed E-state index contributed by atoms with van der Waals surface area (Å²) >= 11 is 0. The minimum Gasteiger partial charge on any atom is -0.357 e. The van der Waals surface area contributed by atoms with Crippen molar-refractivity contribution < 1.29 is 0 Å². The molecule has 0 unspecified atom stereocenters. The van der Waals surface area contributed by atoms with Gasteiger partial charge in [-0.15, -0.1) is 24.0 Å². The van der Waals surface area contributed by atoms with E-state index in [0.29, 0.717) is 6.54 Å². The number of nitrogens with one attached hydrogen (secondary N) is 2. The Balaban J connectivity index is 0.00000364. The number of benzene rings is 1. The van der Waals surface area contributed by atoms with E-state index in [2.05, 4.69) is 79.3 Å². The van der Waals surface area contributed by atoms with E-state index in [1.807, 2.05) is 0 Å². The van der Waals surface area contributed by atoms with Crippen LogP contribution in [0.4, 0.5) is 0 Å². The van der Waals surface area contributed by atoms with Crippen LogP contribution in [0.2, 0.25) is 0 Å². The molecule has 6 heteroatoms. The first-order valence-electron chi connectivity index (χ1n) is 9.98. The molecule has 1 saturated heterocycles. The molecule has 0 spiro atoms. The summed E-state index contributed by atoms with van der Waals surface area (Å²) in [5, 5.41) is 6.74. The van der Waals surface area contributed by atoms with Crippen LogP contribution in [0.1, 0.15) is 45.7 Å². The molecule has 5 nitrogen and oxygen atoms in total. The third kappa shape index (κ3) is 9.25. The van der Waals surface area contributed by atoms with Crippen molar-refractivity contribution in [3.63, 3.8) is 0 Å². The van der Waals surface area contributed by atoms with Gasteiger partial charge in [0.15, 0.2) is 5.96 Å². The highest BCUT2D eigenvalue weighted by atomic mass is 127. The van der Waals surface area contributed by atoms with Gasteiger partial charge < -0.3 is 15.5 Å². The first-order chi connectivity index (χ1) is 12.4. The zero-order chi connectivity index (χ0) is 19.0. The molecule has 1 aliphatic heterocycles. The molecule has 0 atom stereocenters. The van der Waals surface area contributed by atoms with Crippen molar-refractivity contribution in [2.24, 2.45) is 4.99 Å². The molecule has 1 aromatic rings. The average Bonchev–Trinajstić information content (AvgIpc) is 2.60. The normalized spacial score (nSPS) is 16.7. The summed E-state index contributed by atoms with van der Waals surface area (Å²) in [7, 11) is 0. The molecule has 2 rings (SSSR count). The predicted molar refractivity (Wildman–Crippen MR) is 127 cm³/mol. The van der Waals surface area contributed by atoms with Crippen molar-refractivity contribution in [1.82, 2.24) is 20.4 Å². The summed E-state index contributed by atoms with van der Waals surface area (Å²) in [5.41, 5.74) is 2.64. The first kappa shape index (κ1) is 24.2. The Morgan fingerprint density at radius 1 is 0.963 bits per heavy atom. The van der Waals surface area contributed by atoms with Gasteiger partial charge in [-0.05, 0) is 45.4 Å². The Morgan fingerprint density at radius 3 is 2.04 bits per heavy atom. The molecule has 154 valence electrons. The predicted octanol–water partition coefficient (Wildman–Crippen LogP) is 3.30. The van der Waals surface area contributed by atoms with E-state index < -0.39 is 0 Å². The molecular formula is C21H38IN5. The Labute approximate surface area is 183 Å². The van der Waals surface area contributed by atoms with Crippen molar-refractivity contribution >= 4 is 29.9 Å². The summed E-state index contributed by atoms with van der Waals surface area (Å²) in [6, 6.07) is 8.92. The maximum absolute atomic E-state index is 4.71. The molecule has 1 heterocycles. The van der Waals surface area contributed by atoms with Crippen LogP contribution in [-0.2, 0) is 13.1 Å². The molecule has 2 N–H and O–H groups in total. The lowest BCUT2D eigenvalue weighted by Gasteiger charge is -2.34. The zero-order valence-electron chi connectivity index (χ0n) is 17.7. The number of nitrogens with zero attached hydrogens (tertiary/aromatic N) is 3. The third-order valence-electron chi connectivity index (χ3n) is 4.60. The van der Waals surface area contributed by atoms with Crippen LogP contribution >= 0.6 is 24.0 Å². The van der Waals surface area contributed by atoms with Crippen molar-refractivity contribution in [1.29, 1.82) is 0 Å². The lowest BCUT2D eigenvalue weighted by Crippen LogP contribution is -2.47. The second kappa shape index (κ2) is 11.9. The minimum absolute atomic E-state index is 0. The van der Waals surface area contributed by atoms with Gasteiger partial charge >= 0.3 is 0 Å². The Bertz CT molecular complexity index is 557. The van der Waals surface area contributed by atoms with Crippen molar-refractivity contribution in [2.75, 3.05) is 39.3 Å². The topological polar surface area (TPSA) is 42.9 Å². The summed E-state index contributed by atoms with van der Waals surface area (Å²) in [6.07, 6.45) is 0. The summed E-state index contributed by atoms with van der Waals surface area (Å²) in [4.78, 5) is 9.78. The number of hydrogen-bond donors (Lipinski definition) is 2. The van der Waals surface area contributed by atoms with E-state index in [4.69, 9.17) is 4.99 Å². The molecule has 1 fully saturated rings. The van der Waals surface area contributed by atoms with Crippen LogP contribution in [0.3, 0.4) is 0 Å². The molecule has 0 aliphatic carbocycles. The minimum atomic E-state index is 0. The van der Waals surface area contributed by atoms with Crippen LogP contribution in [-0.4, -0.2) is 60.6 Å². The molecule has 0 radical (unpaired) electrons. The standard InChI is InChI=1S/C21H37N5.HI/c1-6-22-20(24-21(3,4)5)23-16-18-8-10-19(11-9-18)17-26-14-12-25(7-2)13-15-26;/h8-11H,6-7,12-17H2,1-5H3,(H2,22,23,24);1H. The fourth-order valence-corrected chi connectivity index (χ4v) is 3.10. The van der Waals surface area contributed by atoms with Gasteiger partial charge in [0, 0.05) is 44.8 Å². The van der Waals surface area contributed by atoms with Crippen LogP contribution < -0.4 is 10.6 Å². The molecule has 27 heavy (non-hydrogen) atoms. The van der Waals surface area contributed by atoms with Crippen LogP contribution in [0, 0.1) is 0 Å². The molecule has 0 amide bonds. The first-order valence-corrected chi connectivity index (χ1v) is 9.98. The number of rotatable bonds is 6. The van der Waals surface area contributed by atoms with Gasteiger partial charge in [0.05, 0.1) is 6.54 Å². The van der Waals surface area contributed by atoms with Crippen molar-refractivity contribution in [3.05, 3.63) is 35.4 Å². The largest absolute Gasteiger partial charge is 0.357 e. The number of guanidine groups is 1. The lowest BCUT2D eigenvalue weighted by molar-refractivity contribution is 0.132. The SMILES string of the molecule is CCNC(=NCc1ccc(CN2CCN(CC)CC2)cc1)NC(C)(C)C.I. The number of hydrogen-bond acceptors (Lipinski definition) is 3. The monoisotopic (exact) mass is 487 g/mol. The summed E-state index contributed by atoms with van der Waals surface area (Å²) < 4.78 is 0. The second-order valence-electron chi connectivity index (χ2n) is 8.10. The van der Waals surface area contributed by atoms with Crippen LogP contribution in [0.25, 0.3) is 0 Å². The van der Waals surface area contributed by atoms with Gasteiger partial charge in [0.1, 0.15) is 0 Å². The third-order valence-corrected chi connectivity index (χ3v) is 4.60. The number of likely N-dealkylation sites (N-methyl/N-ethyl adjacent to an activating group) is 1. The van der Waals surface area contributed by atoms with Gasteiger partial charge in [-0.1, -0.05) is 31.2 Å². The van der Waals surface area contributed by atoms with E-state index in [-0.39, 0.29) is 29.5 Å². The second-order valence-corrected chi connectivity index (χ2v) is 8.10. The van der Waals surface area contributed by atoms with E-state index in [9.17, 15) is 0 Å². The van der Waals surface area contributed by atoms with Gasteiger partial charge in [-0.3, -0.25) is 4.90 Å². The average molecular weight is 487 g/mol. The molecule has 1 aromatic carbocycles. The lowest BCUT2D eigenvalue weighted by atomic mass is 10.1. The highest BCUT2D eigenvalue weighted by Crippen LogP contribution is 2.11. The van der Waals surface area contributed by atoms with Crippen molar-refractivity contribution in [2.45, 2.75) is 53.2 Å². The van der Waals surface area contributed by atoms with Gasteiger partial charge in [0.25, 0.3) is 0 Å². The van der Waals surface area contributed by atoms with E-state index in [1.54, 1.807) is 0 Å². The van der Waals surface area contributed by atoms with E-state index >= 15 is 0 Å². The molecular weight excluding hydrogens is 449 g/mol. The fraction of sp³-hybridized carbons (Fsp3) is 0.667. The fourth-order valence-electron chi connectivity index (χ4n) is 3.10. The molecule has 0 bridgehead atoms. The van der Waals surface area contributed by atoms with Crippen molar-refractivity contribution in [3.8, 4) is 0 Å². The van der Waals surface area contributed by atoms with Gasteiger partial charge in [-0.25, -0.2) is 4.99 Å². The smallest absolute Gasteiger partial charge is 0.191 e. The summed E-state index contributed by atoms with van der Waals surface area (Å²) in [6.45, 7) is 19.3. The van der Waals surface area contributed by atoms with Crippen LogP contribution in [0.15, 0.2) is 29.3 Å². The highest BCUT2D eigenvalue weighted by Gasteiger charge is 2.15. The number of piperazine rings is 1. The maximum Gasteiger partial charge on any atom is 0.191 e. The molecule has 0 aromatic heterocycles. The number of aliphatic imine (C=N–C) groups is 1. The number of halogens is 1. The van der Waals surface area contributed by atoms with E-state index in [1.165, 1.54) is 43.9 Å². The highest BCUT2D eigenvalue weighted by molar-refractivity contribution is 14.0. The Hall–Kier alpha value is -0.860. The van der Waals surface area contributed by atoms with Crippen LogP contribution in [0.5, 0.6) is 0 Å². The molecule has 1 aliphatic rings. The molecule has 0 saturated carbocycles. The van der Waals surface area contributed by atoms with E-state index in [0.717, 1.165) is 19.0 Å². The maximum atomic E-state index is 4.71. The quantitative estimate of drug-likeness (QED) is 0.367. The van der Waals surface area contributed by atoms with Gasteiger partial charge in [0.2, 0.25) is 0 Å². The Kier molecular flexibility index (Phi) is 10.6. The van der Waals surface area contributed by atoms with Gasteiger partial charge in [-0.2, -0.15) is 0 Å².